The maximum absolute atomic E-state index is 14.9. The lowest BCUT2D eigenvalue weighted by molar-refractivity contribution is -0.0757. The molecule has 1 saturated heterocycles. The lowest BCUT2D eigenvalue weighted by atomic mass is 9.77. The first-order valence-electron chi connectivity index (χ1n) is 8.18. The van der Waals surface area contributed by atoms with E-state index in [9.17, 15) is 9.18 Å². The van der Waals surface area contributed by atoms with E-state index in [1.807, 2.05) is 27.7 Å². The number of carbonyl (C=O) groups excluding carboxylic acids is 1. The molecule has 25 heavy (non-hydrogen) atoms. The van der Waals surface area contributed by atoms with E-state index in [0.29, 0.717) is 6.61 Å². The highest BCUT2D eigenvalue weighted by atomic mass is 19.1. The zero-order valence-corrected chi connectivity index (χ0v) is 15.8. The van der Waals surface area contributed by atoms with Crippen LogP contribution >= 0.6 is 0 Å². The Bertz CT molecular complexity index is 649. The van der Waals surface area contributed by atoms with Gasteiger partial charge in [-0.2, -0.15) is 0 Å². The average molecular weight is 353 g/mol. The van der Waals surface area contributed by atoms with E-state index in [0.717, 1.165) is 11.1 Å². The van der Waals surface area contributed by atoms with Crippen molar-refractivity contribution in [1.82, 2.24) is 5.06 Å². The minimum atomic E-state index is -0.921. The van der Waals surface area contributed by atoms with E-state index in [1.54, 1.807) is 6.92 Å². The lowest BCUT2D eigenvalue weighted by Crippen LogP contribution is -2.41. The van der Waals surface area contributed by atoms with Gasteiger partial charge < -0.3 is 14.0 Å². The van der Waals surface area contributed by atoms with Gasteiger partial charge in [0.25, 0.3) is 5.91 Å². The summed E-state index contributed by atoms with van der Waals surface area (Å²) in [5.41, 5.74) is -0.959. The molecular formula is C17H25BFNO5. The molecule has 2 rings (SSSR count). The van der Waals surface area contributed by atoms with Crippen LogP contribution in [0.2, 0.25) is 0 Å². The molecule has 1 aliphatic heterocycles. The Balaban J connectivity index is 2.47. The molecule has 1 heterocycles. The summed E-state index contributed by atoms with van der Waals surface area (Å²) >= 11 is 0. The normalized spacial score (nSPS) is 18.3. The summed E-state index contributed by atoms with van der Waals surface area (Å²) in [7, 11) is 1.88. The van der Waals surface area contributed by atoms with Gasteiger partial charge in [0, 0.05) is 12.6 Å². The number of hydrogen-bond acceptors (Lipinski definition) is 5. The van der Waals surface area contributed by atoms with Crippen LogP contribution in [-0.2, 0) is 14.1 Å². The first-order valence-corrected chi connectivity index (χ1v) is 8.18. The smallest absolute Gasteiger partial charge is 0.494 e. The van der Waals surface area contributed by atoms with E-state index >= 15 is 0 Å². The summed E-state index contributed by atoms with van der Waals surface area (Å²) in [6, 6.07) is 2.62. The third kappa shape index (κ3) is 3.66. The van der Waals surface area contributed by atoms with Crippen LogP contribution in [0.4, 0.5) is 4.39 Å². The Hall–Kier alpha value is -1.64. The number of hydroxylamine groups is 2. The van der Waals surface area contributed by atoms with Gasteiger partial charge in [-0.25, -0.2) is 9.45 Å². The molecule has 0 aliphatic carbocycles. The first kappa shape index (κ1) is 19.7. The maximum atomic E-state index is 14.9. The second kappa shape index (κ2) is 6.94. The Labute approximate surface area is 148 Å². The van der Waals surface area contributed by atoms with Gasteiger partial charge in [0.15, 0.2) is 0 Å². The molecule has 1 amide bonds. The minimum absolute atomic E-state index is 0.116. The highest BCUT2D eigenvalue weighted by Gasteiger charge is 2.53. The van der Waals surface area contributed by atoms with Gasteiger partial charge in [0.2, 0.25) is 0 Å². The first-order chi connectivity index (χ1) is 11.5. The van der Waals surface area contributed by atoms with Gasteiger partial charge >= 0.3 is 7.12 Å². The van der Waals surface area contributed by atoms with Crippen LogP contribution in [0, 0.1) is 5.82 Å². The number of rotatable bonds is 5. The summed E-state index contributed by atoms with van der Waals surface area (Å²) < 4.78 is 32.3. The summed E-state index contributed by atoms with van der Waals surface area (Å²) in [6.45, 7) is 9.63. The van der Waals surface area contributed by atoms with Crippen LogP contribution < -0.4 is 10.2 Å². The van der Waals surface area contributed by atoms with Crippen molar-refractivity contribution in [2.24, 2.45) is 0 Å². The average Bonchev–Trinajstić information content (AvgIpc) is 2.73. The van der Waals surface area contributed by atoms with Crippen molar-refractivity contribution in [1.29, 1.82) is 0 Å². The van der Waals surface area contributed by atoms with Crippen LogP contribution in [0.15, 0.2) is 12.1 Å². The van der Waals surface area contributed by atoms with E-state index in [4.69, 9.17) is 18.9 Å². The molecule has 138 valence electrons. The SMILES string of the molecule is CCOc1cc(C(=O)N(C)OC)cc(F)c1B1OC(C)(C)C(C)(C)O1. The predicted molar refractivity (Wildman–Crippen MR) is 92.4 cm³/mol. The fourth-order valence-electron chi connectivity index (χ4n) is 2.45. The second-order valence-electron chi connectivity index (χ2n) is 6.88. The van der Waals surface area contributed by atoms with Crippen molar-refractivity contribution in [3.63, 3.8) is 0 Å². The molecule has 0 atom stereocenters. The van der Waals surface area contributed by atoms with E-state index in [1.165, 1.54) is 20.2 Å². The summed E-state index contributed by atoms with van der Waals surface area (Å²) in [6.07, 6.45) is 0. The summed E-state index contributed by atoms with van der Waals surface area (Å²) in [5, 5.41) is 1.01. The van der Waals surface area contributed by atoms with Gasteiger partial charge in [-0.15, -0.1) is 0 Å². The summed E-state index contributed by atoms with van der Waals surface area (Å²) in [5.74, 6) is -0.894. The molecule has 8 heteroatoms. The molecule has 0 saturated carbocycles. The predicted octanol–water partition coefficient (Wildman–Crippen LogP) is 2.16. The number of benzene rings is 1. The topological polar surface area (TPSA) is 57.2 Å². The van der Waals surface area contributed by atoms with Crippen LogP contribution in [0.5, 0.6) is 5.75 Å². The Morgan fingerprint density at radius 2 is 1.80 bits per heavy atom. The standard InChI is InChI=1S/C17H25BFNO5/c1-8-23-13-10-11(15(21)20(6)22-7)9-12(19)14(13)18-24-16(2,3)17(4,5)25-18/h9-10H,8H2,1-7H3. The molecule has 0 bridgehead atoms. The third-order valence-electron chi connectivity index (χ3n) is 4.69. The zero-order chi connectivity index (χ0) is 19.0. The van der Waals surface area contributed by atoms with E-state index < -0.39 is 30.0 Å². The van der Waals surface area contributed by atoms with Crippen molar-refractivity contribution in [3.8, 4) is 5.75 Å². The fourth-order valence-corrected chi connectivity index (χ4v) is 2.45. The van der Waals surface area contributed by atoms with Crippen molar-refractivity contribution in [3.05, 3.63) is 23.5 Å². The molecule has 0 spiro atoms. The van der Waals surface area contributed by atoms with Crippen molar-refractivity contribution < 1.29 is 28.1 Å². The quantitative estimate of drug-likeness (QED) is 0.600. The number of nitrogens with zero attached hydrogens (tertiary/aromatic N) is 1. The van der Waals surface area contributed by atoms with Crippen LogP contribution in [0.25, 0.3) is 0 Å². The van der Waals surface area contributed by atoms with Gasteiger partial charge in [0.1, 0.15) is 11.6 Å². The number of amides is 1. The summed E-state index contributed by atoms with van der Waals surface area (Å²) in [4.78, 5) is 17.1. The van der Waals surface area contributed by atoms with Crippen molar-refractivity contribution in [2.45, 2.75) is 45.8 Å². The van der Waals surface area contributed by atoms with Gasteiger partial charge in [0.05, 0.1) is 30.4 Å². The molecular weight excluding hydrogens is 328 g/mol. The highest BCUT2D eigenvalue weighted by Crippen LogP contribution is 2.37. The van der Waals surface area contributed by atoms with Gasteiger partial charge in [-0.05, 0) is 46.8 Å². The molecule has 1 aromatic carbocycles. The second-order valence-corrected chi connectivity index (χ2v) is 6.88. The zero-order valence-electron chi connectivity index (χ0n) is 15.8. The number of halogens is 1. The Kier molecular flexibility index (Phi) is 5.46. The van der Waals surface area contributed by atoms with Crippen molar-refractivity contribution in [2.75, 3.05) is 20.8 Å². The van der Waals surface area contributed by atoms with Gasteiger partial charge in [-0.1, -0.05) is 0 Å². The molecule has 1 aromatic rings. The number of hydrogen-bond donors (Lipinski definition) is 0. The molecule has 0 aromatic heterocycles. The molecule has 0 radical (unpaired) electrons. The minimum Gasteiger partial charge on any atom is -0.494 e. The van der Waals surface area contributed by atoms with Crippen molar-refractivity contribution >= 4 is 18.5 Å². The Morgan fingerprint density at radius 1 is 1.24 bits per heavy atom. The maximum Gasteiger partial charge on any atom is 0.501 e. The number of carbonyl (C=O) groups is 1. The van der Waals surface area contributed by atoms with Crippen LogP contribution in [-0.4, -0.2) is 50.1 Å². The monoisotopic (exact) mass is 353 g/mol. The van der Waals surface area contributed by atoms with Gasteiger partial charge in [-0.3, -0.25) is 9.63 Å². The molecule has 0 unspecified atom stereocenters. The molecule has 1 aliphatic rings. The number of ether oxygens (including phenoxy) is 1. The highest BCUT2D eigenvalue weighted by molar-refractivity contribution is 6.63. The third-order valence-corrected chi connectivity index (χ3v) is 4.69. The largest absolute Gasteiger partial charge is 0.501 e. The Morgan fingerprint density at radius 3 is 2.28 bits per heavy atom. The van der Waals surface area contributed by atoms with Crippen LogP contribution in [0.1, 0.15) is 45.0 Å². The fraction of sp³-hybridized carbons (Fsp3) is 0.588. The molecule has 1 fully saturated rings. The molecule has 0 N–H and O–H groups in total. The van der Waals surface area contributed by atoms with E-state index in [2.05, 4.69) is 0 Å². The lowest BCUT2D eigenvalue weighted by Gasteiger charge is -2.32. The molecule has 6 nitrogen and oxygen atoms in total. The van der Waals surface area contributed by atoms with E-state index in [-0.39, 0.29) is 16.8 Å². The van der Waals surface area contributed by atoms with Crippen LogP contribution in [0.3, 0.4) is 0 Å².